The Bertz CT molecular complexity index is 401. The highest BCUT2D eigenvalue weighted by Crippen LogP contribution is 2.40. The highest BCUT2D eigenvalue weighted by atomic mass is 19.4. The van der Waals surface area contributed by atoms with Gasteiger partial charge in [-0.05, 0) is 17.7 Å². The Hall–Kier alpha value is -1.43. The SMILES string of the molecule is OCc1cc2c(cc1C(F)(F)F)OCCO2. The molecule has 0 fully saturated rings. The predicted molar refractivity (Wildman–Crippen MR) is 48.4 cm³/mol. The minimum atomic E-state index is -4.51. The van der Waals surface area contributed by atoms with E-state index in [9.17, 15) is 13.2 Å². The summed E-state index contributed by atoms with van der Waals surface area (Å²) in [6.07, 6.45) is -4.51. The number of benzene rings is 1. The molecule has 1 aromatic rings. The molecule has 0 atom stereocenters. The van der Waals surface area contributed by atoms with Crippen molar-refractivity contribution >= 4 is 0 Å². The van der Waals surface area contributed by atoms with Crippen LogP contribution in [0.25, 0.3) is 0 Å². The van der Waals surface area contributed by atoms with Crippen molar-refractivity contribution in [3.05, 3.63) is 23.3 Å². The molecule has 6 heteroatoms. The van der Waals surface area contributed by atoms with E-state index in [-0.39, 0.29) is 23.7 Å². The summed E-state index contributed by atoms with van der Waals surface area (Å²) in [4.78, 5) is 0. The molecular weight excluding hydrogens is 225 g/mol. The Labute approximate surface area is 89.4 Å². The molecule has 88 valence electrons. The molecule has 0 unspecified atom stereocenters. The highest BCUT2D eigenvalue weighted by Gasteiger charge is 2.35. The number of rotatable bonds is 1. The van der Waals surface area contributed by atoms with Crippen molar-refractivity contribution in [2.24, 2.45) is 0 Å². The lowest BCUT2D eigenvalue weighted by Gasteiger charge is -2.21. The Kier molecular flexibility index (Phi) is 2.67. The second-order valence-corrected chi connectivity index (χ2v) is 3.31. The molecule has 1 aliphatic heterocycles. The summed E-state index contributed by atoms with van der Waals surface area (Å²) in [5.41, 5.74) is -1.10. The van der Waals surface area contributed by atoms with Crippen LogP contribution in [0, 0.1) is 0 Å². The Balaban J connectivity index is 2.52. The molecule has 0 spiro atoms. The van der Waals surface area contributed by atoms with Crippen molar-refractivity contribution in [2.75, 3.05) is 13.2 Å². The van der Waals surface area contributed by atoms with Gasteiger partial charge in [-0.15, -0.1) is 0 Å². The summed E-state index contributed by atoms with van der Waals surface area (Å²) in [5, 5.41) is 8.89. The van der Waals surface area contributed by atoms with Crippen LogP contribution in [0.2, 0.25) is 0 Å². The second kappa shape index (κ2) is 3.86. The van der Waals surface area contributed by atoms with E-state index < -0.39 is 18.3 Å². The number of ether oxygens (including phenoxy) is 2. The zero-order valence-corrected chi connectivity index (χ0v) is 8.17. The number of hydrogen-bond acceptors (Lipinski definition) is 3. The van der Waals surface area contributed by atoms with Crippen molar-refractivity contribution in [2.45, 2.75) is 12.8 Å². The van der Waals surface area contributed by atoms with E-state index in [4.69, 9.17) is 14.6 Å². The van der Waals surface area contributed by atoms with Crippen LogP contribution < -0.4 is 9.47 Å². The summed E-state index contributed by atoms with van der Waals surface area (Å²) in [6, 6.07) is 2.03. The molecule has 0 aromatic heterocycles. The molecule has 0 saturated heterocycles. The quantitative estimate of drug-likeness (QED) is 0.807. The van der Waals surface area contributed by atoms with Crippen LogP contribution >= 0.6 is 0 Å². The first kappa shape index (κ1) is 11.1. The Morgan fingerprint density at radius 2 is 1.69 bits per heavy atom. The molecule has 0 saturated carbocycles. The van der Waals surface area contributed by atoms with Crippen molar-refractivity contribution in [3.8, 4) is 11.5 Å². The van der Waals surface area contributed by atoms with E-state index in [1.807, 2.05) is 0 Å². The number of halogens is 3. The van der Waals surface area contributed by atoms with Crippen LogP contribution in [0.3, 0.4) is 0 Å². The number of fused-ring (bicyclic) bond motifs is 1. The first-order chi connectivity index (χ1) is 7.52. The fourth-order valence-corrected chi connectivity index (χ4v) is 1.53. The van der Waals surface area contributed by atoms with Crippen molar-refractivity contribution in [1.82, 2.24) is 0 Å². The monoisotopic (exact) mass is 234 g/mol. The molecule has 3 nitrogen and oxygen atoms in total. The minimum absolute atomic E-state index is 0.0655. The lowest BCUT2D eigenvalue weighted by atomic mass is 10.1. The van der Waals surface area contributed by atoms with E-state index in [0.29, 0.717) is 6.61 Å². The van der Waals surface area contributed by atoms with E-state index in [0.717, 1.165) is 12.1 Å². The van der Waals surface area contributed by atoms with Gasteiger partial charge < -0.3 is 14.6 Å². The third kappa shape index (κ3) is 1.92. The van der Waals surface area contributed by atoms with Gasteiger partial charge in [0.1, 0.15) is 13.2 Å². The van der Waals surface area contributed by atoms with Gasteiger partial charge in [-0.1, -0.05) is 0 Å². The lowest BCUT2D eigenvalue weighted by Crippen LogP contribution is -2.18. The first-order valence-electron chi connectivity index (χ1n) is 4.63. The molecule has 1 aromatic carbocycles. The minimum Gasteiger partial charge on any atom is -0.486 e. The van der Waals surface area contributed by atoms with Crippen LogP contribution in [0.5, 0.6) is 11.5 Å². The van der Waals surface area contributed by atoms with Crippen LogP contribution in [0.1, 0.15) is 11.1 Å². The van der Waals surface area contributed by atoms with E-state index >= 15 is 0 Å². The first-order valence-corrected chi connectivity index (χ1v) is 4.63. The molecule has 1 aliphatic rings. The molecule has 0 amide bonds. The van der Waals surface area contributed by atoms with Crippen LogP contribution in [0.15, 0.2) is 12.1 Å². The van der Waals surface area contributed by atoms with Gasteiger partial charge in [0.25, 0.3) is 0 Å². The number of hydrogen-bond donors (Lipinski definition) is 1. The molecule has 0 bridgehead atoms. The molecule has 1 heterocycles. The fourth-order valence-electron chi connectivity index (χ4n) is 1.53. The van der Waals surface area contributed by atoms with E-state index in [1.165, 1.54) is 0 Å². The van der Waals surface area contributed by atoms with Gasteiger partial charge in [0.15, 0.2) is 11.5 Å². The standard InChI is InChI=1S/C10H9F3O3/c11-10(12,13)7-4-9-8(3-6(7)5-14)15-1-2-16-9/h3-4,14H,1-2,5H2. The number of aliphatic hydroxyl groups is 1. The number of alkyl halides is 3. The van der Waals surface area contributed by atoms with Gasteiger partial charge in [-0.3, -0.25) is 0 Å². The maximum Gasteiger partial charge on any atom is 0.416 e. The summed E-state index contributed by atoms with van der Waals surface area (Å²) in [5.74, 6) is 0.305. The average Bonchev–Trinajstić information content (AvgIpc) is 2.26. The van der Waals surface area contributed by atoms with Gasteiger partial charge in [0, 0.05) is 0 Å². The summed E-state index contributed by atoms with van der Waals surface area (Å²) < 4.78 is 48.0. The van der Waals surface area contributed by atoms with E-state index in [2.05, 4.69) is 0 Å². The van der Waals surface area contributed by atoms with Crippen LogP contribution in [-0.4, -0.2) is 18.3 Å². The fraction of sp³-hybridized carbons (Fsp3) is 0.400. The molecule has 16 heavy (non-hydrogen) atoms. The summed E-state index contributed by atoms with van der Waals surface area (Å²) >= 11 is 0. The van der Waals surface area contributed by atoms with Gasteiger partial charge in [-0.25, -0.2) is 0 Å². The normalized spacial score (nSPS) is 15.0. The van der Waals surface area contributed by atoms with Crippen molar-refractivity contribution < 1.29 is 27.8 Å². The average molecular weight is 234 g/mol. The van der Waals surface area contributed by atoms with Crippen LogP contribution in [0.4, 0.5) is 13.2 Å². The van der Waals surface area contributed by atoms with Gasteiger partial charge in [-0.2, -0.15) is 13.2 Å². The highest BCUT2D eigenvalue weighted by molar-refractivity contribution is 5.48. The lowest BCUT2D eigenvalue weighted by molar-refractivity contribution is -0.138. The zero-order valence-electron chi connectivity index (χ0n) is 8.17. The van der Waals surface area contributed by atoms with Crippen molar-refractivity contribution in [1.29, 1.82) is 0 Å². The maximum absolute atomic E-state index is 12.6. The van der Waals surface area contributed by atoms with Crippen LogP contribution in [-0.2, 0) is 12.8 Å². The molecule has 2 rings (SSSR count). The Morgan fingerprint density at radius 3 is 2.19 bits per heavy atom. The van der Waals surface area contributed by atoms with Crippen molar-refractivity contribution in [3.63, 3.8) is 0 Å². The predicted octanol–water partition coefficient (Wildman–Crippen LogP) is 1.97. The third-order valence-corrected chi connectivity index (χ3v) is 2.24. The third-order valence-electron chi connectivity index (χ3n) is 2.24. The summed E-state index contributed by atoms with van der Waals surface area (Å²) in [7, 11) is 0. The van der Waals surface area contributed by atoms with Gasteiger partial charge >= 0.3 is 6.18 Å². The smallest absolute Gasteiger partial charge is 0.416 e. The molecule has 0 aliphatic carbocycles. The molecular formula is C10H9F3O3. The summed E-state index contributed by atoms with van der Waals surface area (Å²) in [6.45, 7) is -0.169. The van der Waals surface area contributed by atoms with E-state index in [1.54, 1.807) is 0 Å². The number of aliphatic hydroxyl groups excluding tert-OH is 1. The topological polar surface area (TPSA) is 38.7 Å². The second-order valence-electron chi connectivity index (χ2n) is 3.31. The Morgan fingerprint density at radius 1 is 1.12 bits per heavy atom. The molecule has 0 radical (unpaired) electrons. The van der Waals surface area contributed by atoms with Gasteiger partial charge in [0.05, 0.1) is 12.2 Å². The maximum atomic E-state index is 12.6. The largest absolute Gasteiger partial charge is 0.486 e. The van der Waals surface area contributed by atoms with Gasteiger partial charge in [0.2, 0.25) is 0 Å². The zero-order chi connectivity index (χ0) is 11.8. The molecule has 1 N–H and O–H groups in total.